The summed E-state index contributed by atoms with van der Waals surface area (Å²) < 4.78 is 5.43. The van der Waals surface area contributed by atoms with E-state index in [0.717, 1.165) is 0 Å². The summed E-state index contributed by atoms with van der Waals surface area (Å²) in [5, 5.41) is 18.5. The molecule has 17 heavy (non-hydrogen) atoms. The molecule has 1 aliphatic heterocycles. The van der Waals surface area contributed by atoms with Crippen LogP contribution in [-0.2, 0) is 4.74 Å². The fourth-order valence-electron chi connectivity index (χ4n) is 1.83. The number of aliphatic hydroxyl groups excluding tert-OH is 2. The molecule has 1 rings (SSSR count). The lowest BCUT2D eigenvalue weighted by Crippen LogP contribution is -2.49. The summed E-state index contributed by atoms with van der Waals surface area (Å²) in [7, 11) is 3.70. The van der Waals surface area contributed by atoms with Gasteiger partial charge in [-0.3, -0.25) is 0 Å². The molecule has 0 aromatic carbocycles. The van der Waals surface area contributed by atoms with Gasteiger partial charge in [-0.05, 0) is 25.0 Å². The third kappa shape index (κ3) is 5.83. The van der Waals surface area contributed by atoms with Crippen molar-refractivity contribution in [3.05, 3.63) is 0 Å². The molecular formula is C12H26O3S2. The normalized spacial score (nSPS) is 37.2. The van der Waals surface area contributed by atoms with E-state index in [2.05, 4.69) is 20.1 Å². The molecule has 0 aromatic heterocycles. The molecule has 1 fully saturated rings. The van der Waals surface area contributed by atoms with E-state index in [1.165, 1.54) is 5.75 Å². The van der Waals surface area contributed by atoms with Crippen LogP contribution in [0, 0.1) is 11.8 Å². The van der Waals surface area contributed by atoms with Crippen molar-refractivity contribution in [2.75, 3.05) is 18.6 Å². The molecule has 1 aliphatic rings. The molecule has 0 bridgehead atoms. The summed E-state index contributed by atoms with van der Waals surface area (Å²) in [6, 6.07) is 0. The van der Waals surface area contributed by atoms with Crippen LogP contribution in [-0.4, -0.2) is 47.1 Å². The monoisotopic (exact) mass is 282 g/mol. The molecule has 0 aromatic rings. The first kappa shape index (κ1) is 17.6. The molecule has 1 saturated heterocycles. The highest BCUT2D eigenvalue weighted by molar-refractivity contribution is 8.76. The van der Waals surface area contributed by atoms with Crippen LogP contribution in [0.25, 0.3) is 0 Å². The molecule has 0 saturated carbocycles. The molecule has 0 radical (unpaired) electrons. The smallest absolute Gasteiger partial charge is 0.107 e. The predicted molar refractivity (Wildman–Crippen MR) is 77.4 cm³/mol. The van der Waals surface area contributed by atoms with Gasteiger partial charge in [-0.1, -0.05) is 42.4 Å². The molecule has 0 aliphatic carbocycles. The fourth-order valence-corrected chi connectivity index (χ4v) is 2.77. The lowest BCUT2D eigenvalue weighted by Gasteiger charge is -2.40. The Morgan fingerprint density at radius 3 is 2.12 bits per heavy atom. The van der Waals surface area contributed by atoms with E-state index in [1.807, 2.05) is 35.4 Å². The number of hydrogen-bond acceptors (Lipinski definition) is 5. The lowest BCUT2D eigenvalue weighted by atomic mass is 9.82. The molecule has 2 unspecified atom stereocenters. The fraction of sp³-hybridized carbons (Fsp3) is 1.00. The van der Waals surface area contributed by atoms with Crippen molar-refractivity contribution in [3.63, 3.8) is 0 Å². The Morgan fingerprint density at radius 2 is 1.76 bits per heavy atom. The van der Waals surface area contributed by atoms with Gasteiger partial charge >= 0.3 is 0 Å². The van der Waals surface area contributed by atoms with Crippen molar-refractivity contribution >= 4 is 21.6 Å². The van der Waals surface area contributed by atoms with E-state index in [0.29, 0.717) is 5.92 Å². The summed E-state index contributed by atoms with van der Waals surface area (Å²) in [5.74, 6) is 1.77. The van der Waals surface area contributed by atoms with Gasteiger partial charge in [-0.2, -0.15) is 0 Å². The number of aliphatic hydroxyl groups is 2. The topological polar surface area (TPSA) is 49.7 Å². The molecule has 104 valence electrons. The summed E-state index contributed by atoms with van der Waals surface area (Å²) in [5.41, 5.74) is 0. The van der Waals surface area contributed by atoms with E-state index in [9.17, 15) is 5.11 Å². The van der Waals surface area contributed by atoms with Gasteiger partial charge in [-0.25, -0.2) is 0 Å². The zero-order valence-electron chi connectivity index (χ0n) is 11.4. The van der Waals surface area contributed by atoms with Crippen LogP contribution < -0.4 is 0 Å². The van der Waals surface area contributed by atoms with Crippen molar-refractivity contribution in [3.8, 4) is 0 Å². The zero-order chi connectivity index (χ0) is 13.4. The maximum Gasteiger partial charge on any atom is 0.107 e. The Bertz CT molecular complexity index is 186. The van der Waals surface area contributed by atoms with Crippen LogP contribution >= 0.6 is 21.6 Å². The zero-order valence-corrected chi connectivity index (χ0v) is 13.1. The van der Waals surface area contributed by atoms with Crippen LogP contribution in [0.3, 0.4) is 0 Å². The quantitative estimate of drug-likeness (QED) is 0.779. The summed E-state index contributed by atoms with van der Waals surface area (Å²) in [6.45, 7) is 8.10. The maximum atomic E-state index is 9.64. The van der Waals surface area contributed by atoms with Gasteiger partial charge in [0.25, 0.3) is 0 Å². The SMILES string of the molecule is CC1[C@@H](C)[C@@H](O)C(CO)O[C@@H]1C.CCSSC. The maximum absolute atomic E-state index is 9.64. The Hall–Kier alpha value is 0.580. The Balaban J connectivity index is 0.000000437. The summed E-state index contributed by atoms with van der Waals surface area (Å²) in [4.78, 5) is 0. The minimum atomic E-state index is -0.527. The molecule has 2 N–H and O–H groups in total. The van der Waals surface area contributed by atoms with Gasteiger partial charge in [0.05, 0.1) is 18.8 Å². The highest BCUT2D eigenvalue weighted by Gasteiger charge is 2.37. The second-order valence-corrected chi connectivity index (χ2v) is 7.20. The second-order valence-electron chi connectivity index (χ2n) is 4.34. The van der Waals surface area contributed by atoms with Crippen molar-refractivity contribution < 1.29 is 14.9 Å². The van der Waals surface area contributed by atoms with E-state index < -0.39 is 12.2 Å². The van der Waals surface area contributed by atoms with Crippen molar-refractivity contribution in [2.24, 2.45) is 11.8 Å². The van der Waals surface area contributed by atoms with Crippen LogP contribution in [0.4, 0.5) is 0 Å². The first-order valence-corrected chi connectivity index (χ1v) is 8.82. The molecule has 5 atom stereocenters. The van der Waals surface area contributed by atoms with Gasteiger partial charge in [0.1, 0.15) is 6.10 Å². The third-order valence-electron chi connectivity index (χ3n) is 3.29. The highest BCUT2D eigenvalue weighted by Crippen LogP contribution is 2.29. The number of ether oxygens (including phenoxy) is 1. The first-order chi connectivity index (χ1) is 7.99. The standard InChI is InChI=1S/C9H18O3.C3H8S2/c1-5-6(2)9(11)8(4-10)12-7(5)3;1-3-5-4-2/h5-11H,4H2,1-3H3;3H2,1-2H3/t5?,6-,7-,8?,9-;/m1./s1. The summed E-state index contributed by atoms with van der Waals surface area (Å²) in [6.07, 6.45) is 1.29. The average molecular weight is 282 g/mol. The van der Waals surface area contributed by atoms with Crippen LogP contribution in [0.5, 0.6) is 0 Å². The van der Waals surface area contributed by atoms with Gasteiger partial charge < -0.3 is 14.9 Å². The van der Waals surface area contributed by atoms with Gasteiger partial charge in [-0.15, -0.1) is 0 Å². The van der Waals surface area contributed by atoms with Crippen molar-refractivity contribution in [2.45, 2.75) is 46.0 Å². The van der Waals surface area contributed by atoms with Crippen LogP contribution in [0.1, 0.15) is 27.7 Å². The molecular weight excluding hydrogens is 256 g/mol. The number of hydrogen-bond donors (Lipinski definition) is 2. The minimum absolute atomic E-state index is 0.0947. The molecule has 5 heteroatoms. The van der Waals surface area contributed by atoms with Crippen LogP contribution in [0.15, 0.2) is 0 Å². The number of rotatable bonds is 3. The van der Waals surface area contributed by atoms with E-state index in [1.54, 1.807) is 0 Å². The largest absolute Gasteiger partial charge is 0.394 e. The minimum Gasteiger partial charge on any atom is -0.394 e. The molecule has 0 spiro atoms. The van der Waals surface area contributed by atoms with Gasteiger partial charge in [0.15, 0.2) is 0 Å². The Kier molecular flexibility index (Phi) is 9.83. The first-order valence-electron chi connectivity index (χ1n) is 6.09. The molecule has 3 nitrogen and oxygen atoms in total. The van der Waals surface area contributed by atoms with Gasteiger partial charge in [0, 0.05) is 5.75 Å². The highest BCUT2D eigenvalue weighted by atomic mass is 33.1. The lowest BCUT2D eigenvalue weighted by molar-refractivity contribution is -0.174. The molecule has 1 heterocycles. The van der Waals surface area contributed by atoms with Crippen molar-refractivity contribution in [1.29, 1.82) is 0 Å². The van der Waals surface area contributed by atoms with Crippen LogP contribution in [0.2, 0.25) is 0 Å². The molecule has 0 amide bonds. The second kappa shape index (κ2) is 9.50. The summed E-state index contributed by atoms with van der Waals surface area (Å²) >= 11 is 0. The predicted octanol–water partition coefficient (Wildman–Crippen LogP) is 2.42. The Morgan fingerprint density at radius 1 is 1.18 bits per heavy atom. The van der Waals surface area contributed by atoms with E-state index >= 15 is 0 Å². The van der Waals surface area contributed by atoms with Gasteiger partial charge in [0.2, 0.25) is 0 Å². The van der Waals surface area contributed by atoms with Crippen molar-refractivity contribution in [1.82, 2.24) is 0 Å². The Labute approximate surface area is 113 Å². The average Bonchev–Trinajstić information content (AvgIpc) is 2.33. The third-order valence-corrected chi connectivity index (χ3v) is 5.18. The van der Waals surface area contributed by atoms with E-state index in [4.69, 9.17) is 9.84 Å². The van der Waals surface area contributed by atoms with E-state index in [-0.39, 0.29) is 18.6 Å².